The topological polar surface area (TPSA) is 88.5 Å². The lowest BCUT2D eigenvalue weighted by Gasteiger charge is -2.08. The lowest BCUT2D eigenvalue weighted by Crippen LogP contribution is -2.18. The number of aromatic amines is 1. The van der Waals surface area contributed by atoms with Crippen LogP contribution in [0.15, 0.2) is 23.8 Å². The van der Waals surface area contributed by atoms with E-state index in [1.165, 1.54) is 24.2 Å². The average molecular weight is 342 g/mol. The minimum atomic E-state index is -0.319. The van der Waals surface area contributed by atoms with Crippen molar-refractivity contribution in [2.45, 2.75) is 38.5 Å². The number of amides is 1. The average Bonchev–Trinajstić information content (AvgIpc) is 2.98. The Balaban J connectivity index is 1.45. The number of carbonyl (C=O) groups excluding carboxylic acids is 1. The highest BCUT2D eigenvalue weighted by Gasteiger charge is 2.26. The fourth-order valence-electron chi connectivity index (χ4n) is 2.50. The summed E-state index contributed by atoms with van der Waals surface area (Å²) in [6.45, 7) is 3.80. The fraction of sp³-hybridized carbons (Fsp3) is 0.375. The van der Waals surface area contributed by atoms with Gasteiger partial charge in [0.15, 0.2) is 5.82 Å². The van der Waals surface area contributed by atoms with Gasteiger partial charge >= 0.3 is 0 Å². The van der Waals surface area contributed by atoms with Crippen molar-refractivity contribution < 1.29 is 4.79 Å². The van der Waals surface area contributed by atoms with Crippen molar-refractivity contribution in [2.75, 3.05) is 5.32 Å². The molecule has 0 bridgehead atoms. The molecule has 1 aliphatic carbocycles. The summed E-state index contributed by atoms with van der Waals surface area (Å²) >= 11 is 1.52. The molecule has 8 heteroatoms. The molecule has 1 fully saturated rings. The third-order valence-corrected chi connectivity index (χ3v) is 5.11. The van der Waals surface area contributed by atoms with E-state index in [2.05, 4.69) is 25.6 Å². The van der Waals surface area contributed by atoms with Crippen molar-refractivity contribution >= 4 is 23.1 Å². The minimum absolute atomic E-state index is 0.0984. The van der Waals surface area contributed by atoms with Crippen LogP contribution >= 0.6 is 11.3 Å². The van der Waals surface area contributed by atoms with Gasteiger partial charge in [-0.25, -0.2) is 9.67 Å². The first-order valence-electron chi connectivity index (χ1n) is 7.93. The highest BCUT2D eigenvalue weighted by Crippen LogP contribution is 2.39. The Hall–Kier alpha value is -2.48. The number of hydrogen-bond acceptors (Lipinski definition) is 5. The van der Waals surface area contributed by atoms with Crippen molar-refractivity contribution in [2.24, 2.45) is 0 Å². The van der Waals surface area contributed by atoms with Gasteiger partial charge in [-0.2, -0.15) is 10.2 Å². The molecule has 1 atom stereocenters. The molecule has 0 aliphatic heterocycles. The summed E-state index contributed by atoms with van der Waals surface area (Å²) in [4.78, 5) is 16.8. The second-order valence-corrected chi connectivity index (χ2v) is 7.02. The number of anilines is 1. The van der Waals surface area contributed by atoms with Crippen LogP contribution < -0.4 is 5.32 Å². The molecule has 0 aromatic carbocycles. The van der Waals surface area contributed by atoms with Crippen LogP contribution in [0.3, 0.4) is 0 Å². The van der Waals surface area contributed by atoms with E-state index in [0.717, 1.165) is 22.1 Å². The highest BCUT2D eigenvalue weighted by atomic mass is 32.1. The van der Waals surface area contributed by atoms with E-state index in [1.807, 2.05) is 31.5 Å². The molecule has 0 unspecified atom stereocenters. The van der Waals surface area contributed by atoms with Gasteiger partial charge < -0.3 is 5.32 Å². The molecule has 7 nitrogen and oxygen atoms in total. The zero-order valence-corrected chi connectivity index (χ0v) is 14.3. The number of hydrogen-bond donors (Lipinski definition) is 2. The molecule has 1 aliphatic rings. The standard InChI is InChI=1S/C16H18N6OS/c1-9-8-24-16(18-9)22-7-12(6-17-22)10(2)15(23)19-14-5-13(20-21-14)11-3-4-11/h5-8,10-11H,3-4H2,1-2H3,(H2,19,20,21,23)/t10-/m0/s1. The number of aryl methyl sites for hydroxylation is 1. The minimum Gasteiger partial charge on any atom is -0.309 e. The second kappa shape index (κ2) is 5.86. The molecule has 24 heavy (non-hydrogen) atoms. The Kier molecular flexibility index (Phi) is 3.68. The Labute approximate surface area is 143 Å². The van der Waals surface area contributed by atoms with Crippen molar-refractivity contribution in [1.82, 2.24) is 25.0 Å². The Morgan fingerprint density at radius 3 is 3.04 bits per heavy atom. The molecule has 0 saturated heterocycles. The first-order valence-corrected chi connectivity index (χ1v) is 8.81. The van der Waals surface area contributed by atoms with Gasteiger partial charge in [0.1, 0.15) is 0 Å². The molecule has 3 heterocycles. The number of thiazole rings is 1. The maximum atomic E-state index is 12.4. The summed E-state index contributed by atoms with van der Waals surface area (Å²) in [5.41, 5.74) is 2.91. The van der Waals surface area contributed by atoms with Crippen LogP contribution in [0.4, 0.5) is 5.82 Å². The molecule has 1 amide bonds. The molecule has 124 valence electrons. The van der Waals surface area contributed by atoms with Crippen molar-refractivity contribution in [3.05, 3.63) is 40.8 Å². The van der Waals surface area contributed by atoms with Crippen LogP contribution in [-0.4, -0.2) is 30.9 Å². The van der Waals surface area contributed by atoms with E-state index in [9.17, 15) is 4.79 Å². The van der Waals surface area contributed by atoms with E-state index in [4.69, 9.17) is 0 Å². The second-order valence-electron chi connectivity index (χ2n) is 6.18. The van der Waals surface area contributed by atoms with E-state index in [0.29, 0.717) is 11.7 Å². The Bertz CT molecular complexity index is 875. The van der Waals surface area contributed by atoms with Crippen molar-refractivity contribution in [3.8, 4) is 5.13 Å². The van der Waals surface area contributed by atoms with Crippen LogP contribution in [0.5, 0.6) is 0 Å². The summed E-state index contributed by atoms with van der Waals surface area (Å²) < 4.78 is 1.70. The van der Waals surface area contributed by atoms with Crippen LogP contribution in [0, 0.1) is 6.92 Å². The van der Waals surface area contributed by atoms with Gasteiger partial charge in [0, 0.05) is 34.8 Å². The van der Waals surface area contributed by atoms with Crippen molar-refractivity contribution in [3.63, 3.8) is 0 Å². The van der Waals surface area contributed by atoms with Crippen LogP contribution in [0.2, 0.25) is 0 Å². The molecular formula is C16H18N6OS. The van der Waals surface area contributed by atoms with E-state index < -0.39 is 0 Å². The molecule has 0 spiro atoms. The first kappa shape index (κ1) is 15.1. The van der Waals surface area contributed by atoms with E-state index in [-0.39, 0.29) is 11.8 Å². The van der Waals surface area contributed by atoms with Crippen LogP contribution in [0.1, 0.15) is 48.6 Å². The highest BCUT2D eigenvalue weighted by molar-refractivity contribution is 7.12. The lowest BCUT2D eigenvalue weighted by molar-refractivity contribution is -0.117. The summed E-state index contributed by atoms with van der Waals surface area (Å²) in [5, 5.41) is 17.1. The largest absolute Gasteiger partial charge is 0.309 e. The predicted molar refractivity (Wildman–Crippen MR) is 91.6 cm³/mol. The lowest BCUT2D eigenvalue weighted by atomic mass is 10.0. The van der Waals surface area contributed by atoms with Gasteiger partial charge in [0.2, 0.25) is 11.0 Å². The monoisotopic (exact) mass is 342 g/mol. The molecule has 2 N–H and O–H groups in total. The summed E-state index contributed by atoms with van der Waals surface area (Å²) in [6, 6.07) is 1.92. The summed E-state index contributed by atoms with van der Waals surface area (Å²) in [5.74, 6) is 0.747. The van der Waals surface area contributed by atoms with Crippen LogP contribution in [0.25, 0.3) is 5.13 Å². The SMILES string of the molecule is Cc1csc(-n2cc([C@H](C)C(=O)Nc3cc(C4CC4)[nH]n3)cn2)n1. The van der Waals surface area contributed by atoms with E-state index >= 15 is 0 Å². The summed E-state index contributed by atoms with van der Waals surface area (Å²) in [6.07, 6.45) is 5.95. The predicted octanol–water partition coefficient (Wildman–Crippen LogP) is 2.98. The first-order chi connectivity index (χ1) is 11.6. The van der Waals surface area contributed by atoms with Crippen molar-refractivity contribution in [1.29, 1.82) is 0 Å². The summed E-state index contributed by atoms with van der Waals surface area (Å²) in [7, 11) is 0. The normalized spacial score (nSPS) is 15.4. The van der Waals surface area contributed by atoms with Crippen LogP contribution in [-0.2, 0) is 4.79 Å². The van der Waals surface area contributed by atoms with Gasteiger partial charge in [-0.3, -0.25) is 9.89 Å². The van der Waals surface area contributed by atoms with Gasteiger partial charge in [0.05, 0.1) is 17.8 Å². The van der Waals surface area contributed by atoms with Gasteiger partial charge in [-0.15, -0.1) is 11.3 Å². The molecule has 3 aromatic rings. The number of H-pyrrole nitrogens is 1. The molecule has 1 saturated carbocycles. The molecule has 0 radical (unpaired) electrons. The maximum Gasteiger partial charge on any atom is 0.232 e. The molecule has 3 aromatic heterocycles. The number of nitrogens with zero attached hydrogens (tertiary/aromatic N) is 4. The third-order valence-electron chi connectivity index (χ3n) is 4.16. The fourth-order valence-corrected chi connectivity index (χ4v) is 3.23. The van der Waals surface area contributed by atoms with Gasteiger partial charge in [-0.05, 0) is 26.7 Å². The smallest absolute Gasteiger partial charge is 0.232 e. The van der Waals surface area contributed by atoms with E-state index in [1.54, 1.807) is 10.9 Å². The third kappa shape index (κ3) is 2.96. The maximum absolute atomic E-state index is 12.4. The quantitative estimate of drug-likeness (QED) is 0.746. The Morgan fingerprint density at radius 2 is 2.33 bits per heavy atom. The number of nitrogens with one attached hydrogen (secondary N) is 2. The zero-order chi connectivity index (χ0) is 16.7. The number of carbonyl (C=O) groups is 1. The molecule has 4 rings (SSSR count). The Morgan fingerprint density at radius 1 is 1.50 bits per heavy atom. The molecular weight excluding hydrogens is 324 g/mol. The van der Waals surface area contributed by atoms with Gasteiger partial charge in [-0.1, -0.05) is 0 Å². The number of rotatable bonds is 5. The zero-order valence-electron chi connectivity index (χ0n) is 13.5. The van der Waals surface area contributed by atoms with Gasteiger partial charge in [0.25, 0.3) is 0 Å². The number of aromatic nitrogens is 5.